The Kier molecular flexibility index (Phi) is 11.2. The van der Waals surface area contributed by atoms with Crippen molar-refractivity contribution in [3.63, 3.8) is 0 Å². The van der Waals surface area contributed by atoms with Crippen molar-refractivity contribution in [2.24, 2.45) is 5.92 Å². The molecule has 6 heteroatoms. The van der Waals surface area contributed by atoms with Crippen molar-refractivity contribution >= 4 is 11.8 Å². The van der Waals surface area contributed by atoms with Gasteiger partial charge in [0.2, 0.25) is 11.8 Å². The quantitative estimate of drug-likeness (QED) is 0.284. The molecule has 0 saturated heterocycles. The molecule has 202 valence electrons. The van der Waals surface area contributed by atoms with Gasteiger partial charge in [0, 0.05) is 25.9 Å². The summed E-state index contributed by atoms with van der Waals surface area (Å²) in [4.78, 5) is 28.9. The fraction of sp³-hybridized carbons (Fsp3) is 0.375. The molecule has 0 heterocycles. The molecule has 3 rings (SSSR count). The molecule has 0 spiro atoms. The number of hydrogen-bond donors (Lipinski definition) is 1. The monoisotopic (exact) mass is 516 g/mol. The summed E-state index contributed by atoms with van der Waals surface area (Å²) in [7, 11) is 1.62. The van der Waals surface area contributed by atoms with Gasteiger partial charge in [0.05, 0.1) is 13.7 Å². The Hall–Kier alpha value is -3.80. The van der Waals surface area contributed by atoms with Gasteiger partial charge in [-0.05, 0) is 54.7 Å². The van der Waals surface area contributed by atoms with E-state index in [9.17, 15) is 9.59 Å². The molecule has 0 aliphatic rings. The average Bonchev–Trinajstić information content (AvgIpc) is 2.92. The van der Waals surface area contributed by atoms with Crippen molar-refractivity contribution in [3.8, 4) is 11.5 Å². The summed E-state index contributed by atoms with van der Waals surface area (Å²) in [5.74, 6) is 1.61. The summed E-state index contributed by atoms with van der Waals surface area (Å²) in [6.07, 6.45) is 1.27. The minimum Gasteiger partial charge on any atom is -0.497 e. The van der Waals surface area contributed by atoms with Crippen molar-refractivity contribution in [1.29, 1.82) is 0 Å². The van der Waals surface area contributed by atoms with E-state index in [0.29, 0.717) is 38.5 Å². The van der Waals surface area contributed by atoms with Crippen LogP contribution in [0.1, 0.15) is 43.4 Å². The molecule has 3 aromatic carbocycles. The number of hydrogen-bond acceptors (Lipinski definition) is 4. The van der Waals surface area contributed by atoms with E-state index in [1.165, 1.54) is 0 Å². The lowest BCUT2D eigenvalue weighted by Crippen LogP contribution is -2.51. The predicted molar refractivity (Wildman–Crippen MR) is 151 cm³/mol. The summed E-state index contributed by atoms with van der Waals surface area (Å²) in [6.45, 7) is 7.48. The van der Waals surface area contributed by atoms with Crippen LogP contribution in [0.4, 0.5) is 0 Å². The summed E-state index contributed by atoms with van der Waals surface area (Å²) in [6, 6.07) is 24.7. The number of benzene rings is 3. The van der Waals surface area contributed by atoms with Crippen LogP contribution in [0.25, 0.3) is 0 Å². The van der Waals surface area contributed by atoms with Gasteiger partial charge in [0.15, 0.2) is 0 Å². The highest BCUT2D eigenvalue weighted by atomic mass is 16.5. The highest BCUT2D eigenvalue weighted by molar-refractivity contribution is 5.88. The number of carbonyl (C=O) groups is 2. The van der Waals surface area contributed by atoms with E-state index >= 15 is 0 Å². The molecule has 6 nitrogen and oxygen atoms in total. The normalized spacial score (nSPS) is 11.6. The Balaban J connectivity index is 1.76. The molecule has 0 saturated carbocycles. The highest BCUT2D eigenvalue weighted by Crippen LogP contribution is 2.19. The molecule has 0 aliphatic heterocycles. The van der Waals surface area contributed by atoms with Gasteiger partial charge in [0.25, 0.3) is 0 Å². The van der Waals surface area contributed by atoms with E-state index in [0.717, 1.165) is 28.2 Å². The molecule has 2 amide bonds. The smallest absolute Gasteiger partial charge is 0.243 e. The first kappa shape index (κ1) is 28.8. The Morgan fingerprint density at radius 1 is 0.895 bits per heavy atom. The number of methoxy groups -OCH3 is 1. The third kappa shape index (κ3) is 9.25. The molecule has 1 N–H and O–H groups in total. The maximum Gasteiger partial charge on any atom is 0.243 e. The zero-order chi connectivity index (χ0) is 27.3. The third-order valence-electron chi connectivity index (χ3n) is 6.25. The lowest BCUT2D eigenvalue weighted by Gasteiger charge is -2.32. The average molecular weight is 517 g/mol. The summed E-state index contributed by atoms with van der Waals surface area (Å²) < 4.78 is 11.0. The first-order valence-corrected chi connectivity index (χ1v) is 13.3. The molecular formula is C32H40N2O4. The number of nitrogens with one attached hydrogen (secondary N) is 1. The lowest BCUT2D eigenvalue weighted by molar-refractivity contribution is -0.141. The van der Waals surface area contributed by atoms with Crippen molar-refractivity contribution in [2.45, 2.75) is 52.6 Å². The number of ether oxygens (including phenoxy) is 2. The van der Waals surface area contributed by atoms with Gasteiger partial charge < -0.3 is 19.7 Å². The molecule has 0 aliphatic carbocycles. The number of rotatable bonds is 14. The number of amides is 2. The molecular weight excluding hydrogens is 476 g/mol. The van der Waals surface area contributed by atoms with Crippen LogP contribution in [-0.2, 0) is 22.6 Å². The molecule has 0 aromatic heterocycles. The Morgan fingerprint density at radius 2 is 1.58 bits per heavy atom. The second-order valence-corrected chi connectivity index (χ2v) is 9.98. The van der Waals surface area contributed by atoms with Crippen LogP contribution in [0.3, 0.4) is 0 Å². The van der Waals surface area contributed by atoms with Crippen LogP contribution in [-0.4, -0.2) is 43.0 Å². The molecule has 38 heavy (non-hydrogen) atoms. The van der Waals surface area contributed by atoms with Crippen LogP contribution in [0.2, 0.25) is 0 Å². The number of nitrogens with zero attached hydrogens (tertiary/aromatic N) is 1. The second kappa shape index (κ2) is 14.8. The van der Waals surface area contributed by atoms with E-state index in [1.54, 1.807) is 12.0 Å². The number of aryl methyl sites for hydroxylation is 1. The molecule has 1 unspecified atom stereocenters. The fourth-order valence-corrected chi connectivity index (χ4v) is 4.21. The Labute approximate surface area is 227 Å². The van der Waals surface area contributed by atoms with Gasteiger partial charge in [-0.25, -0.2) is 0 Å². The van der Waals surface area contributed by atoms with Gasteiger partial charge in [-0.3, -0.25) is 9.59 Å². The molecule has 1 atom stereocenters. The highest BCUT2D eigenvalue weighted by Gasteiger charge is 2.30. The van der Waals surface area contributed by atoms with Crippen molar-refractivity contribution in [3.05, 3.63) is 95.6 Å². The maximum absolute atomic E-state index is 13.7. The van der Waals surface area contributed by atoms with E-state index in [4.69, 9.17) is 9.47 Å². The zero-order valence-corrected chi connectivity index (χ0v) is 23.0. The van der Waals surface area contributed by atoms with Gasteiger partial charge >= 0.3 is 0 Å². The standard InChI is InChI=1S/C32H40N2O4/c1-24(2)22-33-32(36)30(21-26-11-6-5-7-12-26)34(23-27-13-8-10-25(3)20-27)31(35)14-9-19-38-29-17-15-28(37-4)16-18-29/h5-8,10-13,15-18,20,24,30H,9,14,19,21-23H2,1-4H3,(H,33,36). The van der Waals surface area contributed by atoms with Crippen LogP contribution in [0, 0.1) is 12.8 Å². The van der Waals surface area contributed by atoms with E-state index in [-0.39, 0.29) is 18.2 Å². The van der Waals surface area contributed by atoms with Gasteiger partial charge in [-0.2, -0.15) is 0 Å². The largest absolute Gasteiger partial charge is 0.497 e. The first-order valence-electron chi connectivity index (χ1n) is 13.3. The predicted octanol–water partition coefficient (Wildman–Crippen LogP) is 5.57. The maximum atomic E-state index is 13.7. The summed E-state index contributed by atoms with van der Waals surface area (Å²) >= 11 is 0. The molecule has 0 radical (unpaired) electrons. The zero-order valence-electron chi connectivity index (χ0n) is 23.0. The minimum absolute atomic E-state index is 0.0644. The Morgan fingerprint density at radius 3 is 2.24 bits per heavy atom. The topological polar surface area (TPSA) is 67.9 Å². The van der Waals surface area contributed by atoms with E-state index < -0.39 is 6.04 Å². The minimum atomic E-state index is -0.619. The first-order chi connectivity index (χ1) is 18.4. The molecule has 0 bridgehead atoms. The summed E-state index contributed by atoms with van der Waals surface area (Å²) in [5.41, 5.74) is 3.14. The SMILES string of the molecule is COc1ccc(OCCCC(=O)N(Cc2cccc(C)c2)C(Cc2ccccc2)C(=O)NCC(C)C)cc1. The van der Waals surface area contributed by atoms with Crippen LogP contribution >= 0.6 is 0 Å². The van der Waals surface area contributed by atoms with Gasteiger partial charge in [-0.15, -0.1) is 0 Å². The van der Waals surface area contributed by atoms with Crippen LogP contribution < -0.4 is 14.8 Å². The van der Waals surface area contributed by atoms with Crippen molar-refractivity contribution in [1.82, 2.24) is 10.2 Å². The van der Waals surface area contributed by atoms with Crippen molar-refractivity contribution in [2.75, 3.05) is 20.3 Å². The fourth-order valence-electron chi connectivity index (χ4n) is 4.21. The van der Waals surface area contributed by atoms with Crippen LogP contribution in [0.15, 0.2) is 78.9 Å². The second-order valence-electron chi connectivity index (χ2n) is 9.98. The molecule has 3 aromatic rings. The third-order valence-corrected chi connectivity index (χ3v) is 6.25. The Bertz CT molecular complexity index is 1150. The van der Waals surface area contributed by atoms with Gasteiger partial charge in [0.1, 0.15) is 17.5 Å². The van der Waals surface area contributed by atoms with E-state index in [1.807, 2.05) is 79.7 Å². The van der Waals surface area contributed by atoms with E-state index in [2.05, 4.69) is 25.2 Å². The molecule has 0 fully saturated rings. The van der Waals surface area contributed by atoms with Crippen molar-refractivity contribution < 1.29 is 19.1 Å². The lowest BCUT2D eigenvalue weighted by atomic mass is 10.0. The summed E-state index contributed by atoms with van der Waals surface area (Å²) in [5, 5.41) is 3.07. The van der Waals surface area contributed by atoms with Gasteiger partial charge in [-0.1, -0.05) is 74.0 Å². The van der Waals surface area contributed by atoms with Crippen LogP contribution in [0.5, 0.6) is 11.5 Å². The number of carbonyl (C=O) groups excluding carboxylic acids is 2.